The second kappa shape index (κ2) is 14.2. The van der Waals surface area contributed by atoms with Crippen molar-refractivity contribution in [3.63, 3.8) is 0 Å². The highest BCUT2D eigenvalue weighted by molar-refractivity contribution is 5.96. The van der Waals surface area contributed by atoms with Gasteiger partial charge in [0.15, 0.2) is 0 Å². The van der Waals surface area contributed by atoms with Crippen LogP contribution in [0.4, 0.5) is 0 Å². The molecule has 1 aromatic heterocycles. The highest BCUT2D eigenvalue weighted by Gasteiger charge is 2.32. The van der Waals surface area contributed by atoms with Crippen molar-refractivity contribution in [3.05, 3.63) is 36.0 Å². The number of para-hydroxylation sites is 1. The maximum absolute atomic E-state index is 13.1. The number of fused-ring (bicyclic) bond motifs is 1. The molecule has 2 rings (SSSR count). The van der Waals surface area contributed by atoms with E-state index in [1.54, 1.807) is 30.5 Å². The van der Waals surface area contributed by atoms with Gasteiger partial charge >= 0.3 is 11.9 Å². The quantitative estimate of drug-likeness (QED) is 0.101. The Balaban J connectivity index is 2.31. The van der Waals surface area contributed by atoms with Crippen molar-refractivity contribution >= 4 is 52.4 Å². The van der Waals surface area contributed by atoms with Gasteiger partial charge in [-0.1, -0.05) is 18.2 Å². The molecule has 0 fully saturated rings. The van der Waals surface area contributed by atoms with Crippen LogP contribution in [-0.4, -0.2) is 80.8 Å². The molecular weight excluding hydrogens is 530 g/mol. The largest absolute Gasteiger partial charge is 0.481 e. The maximum Gasteiger partial charge on any atom is 0.326 e. The SMILES string of the molecule is NC(=O)CCC(N)C(=O)NC(CC(=O)O)C(=O)NC(Cc1c[nH]c2ccccc12)C(=O)NC(CC(N)=O)C(=O)O. The van der Waals surface area contributed by atoms with Crippen LogP contribution >= 0.6 is 0 Å². The van der Waals surface area contributed by atoms with E-state index in [2.05, 4.69) is 20.9 Å². The average molecular weight is 562 g/mol. The van der Waals surface area contributed by atoms with Crippen molar-refractivity contribution in [3.8, 4) is 0 Å². The summed E-state index contributed by atoms with van der Waals surface area (Å²) in [4.78, 5) is 86.9. The number of carboxylic acids is 2. The summed E-state index contributed by atoms with van der Waals surface area (Å²) in [6.45, 7) is 0. The minimum atomic E-state index is -1.70. The number of rotatable bonds is 16. The van der Waals surface area contributed by atoms with Crippen molar-refractivity contribution < 1.29 is 43.8 Å². The van der Waals surface area contributed by atoms with Crippen LogP contribution in [0.2, 0.25) is 0 Å². The number of benzene rings is 1. The van der Waals surface area contributed by atoms with Crippen LogP contribution in [0.1, 0.15) is 31.2 Å². The molecule has 16 nitrogen and oxygen atoms in total. The summed E-state index contributed by atoms with van der Waals surface area (Å²) in [6.07, 6.45) is -0.617. The Morgan fingerprint density at radius 1 is 0.800 bits per heavy atom. The summed E-state index contributed by atoms with van der Waals surface area (Å²) in [6, 6.07) is 0.856. The first-order valence-electron chi connectivity index (χ1n) is 12.0. The number of nitrogens with two attached hydrogens (primary N) is 3. The molecule has 1 aromatic carbocycles. The highest BCUT2D eigenvalue weighted by atomic mass is 16.4. The Bertz CT molecular complexity index is 1290. The van der Waals surface area contributed by atoms with Gasteiger partial charge < -0.3 is 48.3 Å². The summed E-state index contributed by atoms with van der Waals surface area (Å²) in [5.41, 5.74) is 17.1. The fourth-order valence-corrected chi connectivity index (χ4v) is 3.77. The van der Waals surface area contributed by atoms with Crippen LogP contribution in [-0.2, 0) is 40.0 Å². The van der Waals surface area contributed by atoms with Gasteiger partial charge in [-0.05, 0) is 18.1 Å². The number of amides is 5. The molecule has 0 aliphatic rings. The fraction of sp³-hybridized carbons (Fsp3) is 0.375. The Hall–Kier alpha value is -4.99. The van der Waals surface area contributed by atoms with Gasteiger partial charge in [0.1, 0.15) is 18.1 Å². The average Bonchev–Trinajstić information content (AvgIpc) is 3.28. The second-order valence-corrected chi connectivity index (χ2v) is 8.97. The Labute approximate surface area is 227 Å². The van der Waals surface area contributed by atoms with E-state index in [1.165, 1.54) is 0 Å². The summed E-state index contributed by atoms with van der Waals surface area (Å²) in [5, 5.41) is 26.0. The van der Waals surface area contributed by atoms with Gasteiger partial charge in [0.05, 0.1) is 18.9 Å². The first-order chi connectivity index (χ1) is 18.8. The van der Waals surface area contributed by atoms with E-state index in [9.17, 15) is 43.8 Å². The minimum Gasteiger partial charge on any atom is -0.481 e. The fourth-order valence-electron chi connectivity index (χ4n) is 3.77. The first-order valence-corrected chi connectivity index (χ1v) is 12.0. The zero-order valence-corrected chi connectivity index (χ0v) is 21.2. The number of nitrogens with one attached hydrogen (secondary N) is 4. The Morgan fingerprint density at radius 3 is 2.00 bits per heavy atom. The molecule has 12 N–H and O–H groups in total. The summed E-state index contributed by atoms with van der Waals surface area (Å²) in [7, 11) is 0. The molecule has 1 heterocycles. The molecule has 2 aromatic rings. The van der Waals surface area contributed by atoms with Crippen LogP contribution in [0.3, 0.4) is 0 Å². The van der Waals surface area contributed by atoms with Crippen LogP contribution in [0.5, 0.6) is 0 Å². The number of primary amides is 2. The van der Waals surface area contributed by atoms with E-state index in [-0.39, 0.29) is 19.3 Å². The zero-order valence-electron chi connectivity index (χ0n) is 21.2. The van der Waals surface area contributed by atoms with Crippen LogP contribution in [0.25, 0.3) is 10.9 Å². The Morgan fingerprint density at radius 2 is 1.40 bits per heavy atom. The first kappa shape index (κ1) is 31.2. The molecule has 216 valence electrons. The molecule has 4 atom stereocenters. The van der Waals surface area contributed by atoms with E-state index < -0.39 is 78.5 Å². The molecule has 0 radical (unpaired) electrons. The molecule has 0 bridgehead atoms. The number of aromatic nitrogens is 1. The van der Waals surface area contributed by atoms with Crippen molar-refractivity contribution in [1.29, 1.82) is 0 Å². The number of aromatic amines is 1. The topological polar surface area (TPSA) is 290 Å². The Kier molecular flexibility index (Phi) is 11.1. The highest BCUT2D eigenvalue weighted by Crippen LogP contribution is 2.19. The summed E-state index contributed by atoms with van der Waals surface area (Å²) < 4.78 is 0. The van der Waals surface area contributed by atoms with Gasteiger partial charge in [-0.3, -0.25) is 28.8 Å². The molecule has 0 saturated heterocycles. The third-order valence-electron chi connectivity index (χ3n) is 5.80. The lowest BCUT2D eigenvalue weighted by atomic mass is 10.0. The van der Waals surface area contributed by atoms with E-state index >= 15 is 0 Å². The molecule has 0 saturated carbocycles. The zero-order chi connectivity index (χ0) is 30.0. The monoisotopic (exact) mass is 561 g/mol. The van der Waals surface area contributed by atoms with Crippen molar-refractivity contribution in [2.24, 2.45) is 17.2 Å². The van der Waals surface area contributed by atoms with E-state index in [1.807, 2.05) is 0 Å². The van der Waals surface area contributed by atoms with E-state index in [0.29, 0.717) is 16.5 Å². The van der Waals surface area contributed by atoms with Crippen molar-refractivity contribution in [1.82, 2.24) is 20.9 Å². The smallest absolute Gasteiger partial charge is 0.326 e. The number of hydrogen-bond acceptors (Lipinski definition) is 8. The normalized spacial score (nSPS) is 13.8. The standard InChI is InChI=1S/C24H31N7O9/c25-13(5-6-18(26)32)21(36)29-16(9-20(34)35)23(38)30-15(22(37)31-17(24(39)40)8-19(27)33)7-11-10-28-14-4-2-1-3-12(11)14/h1-4,10,13,15-17,28H,5-9,25H2,(H2,26,32)(H2,27,33)(H,29,36)(H,30,38)(H,31,37)(H,34,35)(H,39,40). The molecule has 16 heteroatoms. The van der Waals surface area contributed by atoms with Crippen molar-refractivity contribution in [2.75, 3.05) is 0 Å². The lowest BCUT2D eigenvalue weighted by molar-refractivity contribution is -0.144. The number of aliphatic carboxylic acids is 2. The van der Waals surface area contributed by atoms with Gasteiger partial charge in [0, 0.05) is 29.9 Å². The van der Waals surface area contributed by atoms with Crippen LogP contribution in [0, 0.1) is 0 Å². The minimum absolute atomic E-state index is 0.162. The van der Waals surface area contributed by atoms with Crippen molar-refractivity contribution in [2.45, 2.75) is 56.3 Å². The number of carbonyl (C=O) groups excluding carboxylic acids is 5. The molecule has 40 heavy (non-hydrogen) atoms. The molecule has 0 aliphatic carbocycles. The molecule has 0 aliphatic heterocycles. The molecule has 0 spiro atoms. The predicted octanol–water partition coefficient (Wildman–Crippen LogP) is -2.81. The number of hydrogen-bond donors (Lipinski definition) is 9. The molecule has 5 amide bonds. The van der Waals surface area contributed by atoms with Crippen LogP contribution < -0.4 is 33.2 Å². The third kappa shape index (κ3) is 9.39. The number of carboxylic acid groups (broad SMARTS) is 2. The maximum atomic E-state index is 13.1. The van der Waals surface area contributed by atoms with Gasteiger partial charge in [-0.2, -0.15) is 0 Å². The summed E-state index contributed by atoms with van der Waals surface area (Å²) in [5.74, 6) is -7.76. The number of carbonyl (C=O) groups is 7. The lowest BCUT2D eigenvalue weighted by Gasteiger charge is -2.24. The van der Waals surface area contributed by atoms with Gasteiger partial charge in [0.25, 0.3) is 0 Å². The number of H-pyrrole nitrogens is 1. The second-order valence-electron chi connectivity index (χ2n) is 8.97. The van der Waals surface area contributed by atoms with Gasteiger partial charge in [0.2, 0.25) is 29.5 Å². The lowest BCUT2D eigenvalue weighted by Crippen LogP contribution is -2.58. The molecular formula is C24H31N7O9. The van der Waals surface area contributed by atoms with E-state index in [4.69, 9.17) is 17.2 Å². The van der Waals surface area contributed by atoms with Gasteiger partial charge in [-0.15, -0.1) is 0 Å². The predicted molar refractivity (Wildman–Crippen MR) is 138 cm³/mol. The van der Waals surface area contributed by atoms with E-state index in [0.717, 1.165) is 0 Å². The van der Waals surface area contributed by atoms with Gasteiger partial charge in [-0.25, -0.2) is 4.79 Å². The summed E-state index contributed by atoms with van der Waals surface area (Å²) >= 11 is 0. The van der Waals surface area contributed by atoms with Crippen LogP contribution in [0.15, 0.2) is 30.5 Å². The third-order valence-corrected chi connectivity index (χ3v) is 5.80. The molecule has 4 unspecified atom stereocenters.